The molecule has 0 atom stereocenters. The number of ether oxygens (including phenoxy) is 2. The molecule has 0 aliphatic rings. The summed E-state index contributed by atoms with van der Waals surface area (Å²) in [7, 11) is 1.57. The molecule has 106 valence electrons. The van der Waals surface area contributed by atoms with Crippen molar-refractivity contribution in [2.75, 3.05) is 7.11 Å². The minimum absolute atomic E-state index is 0.459. The van der Waals surface area contributed by atoms with Crippen LogP contribution in [-0.2, 0) is 0 Å². The van der Waals surface area contributed by atoms with Gasteiger partial charge in [-0.05, 0) is 35.0 Å². The first-order valence-electron chi connectivity index (χ1n) is 5.86. The SMILES string of the molecule is COc1ccccc1Oc1c(Br)c(C)c(Br)[n+]([O-])c1C. The summed E-state index contributed by atoms with van der Waals surface area (Å²) in [6.07, 6.45) is 0. The molecule has 2 aromatic rings. The Morgan fingerprint density at radius 2 is 1.70 bits per heavy atom. The zero-order valence-electron chi connectivity index (χ0n) is 11.2. The molecule has 4 nitrogen and oxygen atoms in total. The van der Waals surface area contributed by atoms with Crippen LogP contribution in [0.3, 0.4) is 0 Å². The van der Waals surface area contributed by atoms with Crippen molar-refractivity contribution in [1.29, 1.82) is 0 Å². The fourth-order valence-corrected chi connectivity index (χ4v) is 3.03. The Bertz CT molecular complexity index is 630. The number of hydrogen-bond donors (Lipinski definition) is 0. The quantitative estimate of drug-likeness (QED) is 0.437. The van der Waals surface area contributed by atoms with Gasteiger partial charge in [0, 0.05) is 28.4 Å². The van der Waals surface area contributed by atoms with Gasteiger partial charge in [-0.2, -0.15) is 4.73 Å². The predicted octanol–water partition coefficient (Wildman–Crippen LogP) is 4.26. The van der Waals surface area contributed by atoms with Gasteiger partial charge in [0.05, 0.1) is 11.6 Å². The van der Waals surface area contributed by atoms with E-state index in [0.717, 1.165) is 14.8 Å². The van der Waals surface area contributed by atoms with Gasteiger partial charge in [-0.25, -0.2) is 0 Å². The summed E-state index contributed by atoms with van der Waals surface area (Å²) in [5, 5.41) is 12.0. The van der Waals surface area contributed by atoms with Crippen LogP contribution in [0.1, 0.15) is 11.3 Å². The zero-order chi connectivity index (χ0) is 14.9. The highest BCUT2D eigenvalue weighted by molar-refractivity contribution is 9.11. The lowest BCUT2D eigenvalue weighted by atomic mass is 10.2. The molecule has 0 unspecified atom stereocenters. The summed E-state index contributed by atoms with van der Waals surface area (Å²) in [5.74, 6) is 1.64. The molecule has 0 amide bonds. The van der Waals surface area contributed by atoms with Gasteiger partial charge < -0.3 is 14.7 Å². The second kappa shape index (κ2) is 6.01. The number of para-hydroxylation sites is 2. The van der Waals surface area contributed by atoms with E-state index in [1.54, 1.807) is 26.2 Å². The normalized spacial score (nSPS) is 10.4. The lowest BCUT2D eigenvalue weighted by Gasteiger charge is -2.15. The molecule has 0 N–H and O–H groups in total. The second-order valence-electron chi connectivity index (χ2n) is 4.19. The van der Waals surface area contributed by atoms with E-state index in [1.165, 1.54) is 0 Å². The molecule has 1 heterocycles. The average Bonchev–Trinajstić information content (AvgIpc) is 2.48. The highest BCUT2D eigenvalue weighted by atomic mass is 79.9. The highest BCUT2D eigenvalue weighted by Crippen LogP contribution is 2.38. The lowest BCUT2D eigenvalue weighted by molar-refractivity contribution is -0.624. The van der Waals surface area contributed by atoms with Crippen LogP contribution in [0.25, 0.3) is 0 Å². The molecule has 0 radical (unpaired) electrons. The van der Waals surface area contributed by atoms with Crippen LogP contribution in [0.2, 0.25) is 0 Å². The first kappa shape index (κ1) is 15.1. The van der Waals surface area contributed by atoms with Crippen LogP contribution in [-0.4, -0.2) is 7.11 Å². The van der Waals surface area contributed by atoms with Gasteiger partial charge in [0.1, 0.15) is 0 Å². The molecule has 20 heavy (non-hydrogen) atoms. The van der Waals surface area contributed by atoms with Crippen molar-refractivity contribution < 1.29 is 14.2 Å². The average molecular weight is 403 g/mol. The number of rotatable bonds is 3. The molecule has 6 heteroatoms. The first-order valence-corrected chi connectivity index (χ1v) is 7.44. The molecule has 2 rings (SSSR count). The third-order valence-corrected chi connectivity index (χ3v) is 4.80. The fourth-order valence-electron chi connectivity index (χ4n) is 1.74. The van der Waals surface area contributed by atoms with Crippen molar-refractivity contribution in [2.24, 2.45) is 0 Å². The molecule has 0 aliphatic carbocycles. The van der Waals surface area contributed by atoms with E-state index in [1.807, 2.05) is 19.1 Å². The molecular weight excluding hydrogens is 390 g/mol. The lowest BCUT2D eigenvalue weighted by Crippen LogP contribution is -2.33. The number of aromatic nitrogens is 1. The van der Waals surface area contributed by atoms with E-state index >= 15 is 0 Å². The van der Waals surface area contributed by atoms with Gasteiger partial charge >= 0.3 is 0 Å². The summed E-state index contributed by atoms with van der Waals surface area (Å²) in [6.45, 7) is 3.53. The molecule has 0 fully saturated rings. The van der Waals surface area contributed by atoms with Gasteiger partial charge in [0.25, 0.3) is 4.60 Å². The van der Waals surface area contributed by atoms with Gasteiger partial charge in [0.2, 0.25) is 11.4 Å². The molecule has 0 saturated heterocycles. The maximum absolute atomic E-state index is 12.0. The number of pyridine rings is 1. The molecular formula is C14H13Br2NO3. The number of methoxy groups -OCH3 is 1. The first-order chi connectivity index (χ1) is 9.47. The van der Waals surface area contributed by atoms with Crippen molar-refractivity contribution in [3.05, 3.63) is 49.8 Å². The van der Waals surface area contributed by atoms with Crippen LogP contribution in [0.5, 0.6) is 17.2 Å². The van der Waals surface area contributed by atoms with E-state index in [0.29, 0.717) is 27.5 Å². The van der Waals surface area contributed by atoms with E-state index in [4.69, 9.17) is 9.47 Å². The monoisotopic (exact) mass is 401 g/mol. The van der Waals surface area contributed by atoms with Crippen molar-refractivity contribution in [2.45, 2.75) is 13.8 Å². The van der Waals surface area contributed by atoms with E-state index in [2.05, 4.69) is 31.9 Å². The summed E-state index contributed by atoms with van der Waals surface area (Å²) >= 11 is 6.74. The highest BCUT2D eigenvalue weighted by Gasteiger charge is 2.23. The molecule has 1 aromatic carbocycles. The summed E-state index contributed by atoms with van der Waals surface area (Å²) in [5.41, 5.74) is 1.23. The summed E-state index contributed by atoms with van der Waals surface area (Å²) in [4.78, 5) is 0. The third kappa shape index (κ3) is 2.62. The Morgan fingerprint density at radius 3 is 2.30 bits per heavy atom. The Hall–Kier alpha value is -1.27. The van der Waals surface area contributed by atoms with Gasteiger partial charge in [-0.1, -0.05) is 12.1 Å². The molecule has 0 aliphatic heterocycles. The molecule has 0 bridgehead atoms. The van der Waals surface area contributed by atoms with Crippen molar-refractivity contribution >= 4 is 31.9 Å². The largest absolute Gasteiger partial charge is 0.618 e. The van der Waals surface area contributed by atoms with Gasteiger partial charge in [-0.3, -0.25) is 0 Å². The number of halogens is 2. The predicted molar refractivity (Wildman–Crippen MR) is 83.3 cm³/mol. The van der Waals surface area contributed by atoms with E-state index in [9.17, 15) is 5.21 Å². The van der Waals surface area contributed by atoms with Crippen LogP contribution in [0, 0.1) is 19.1 Å². The smallest absolute Gasteiger partial charge is 0.263 e. The molecule has 1 aromatic heterocycles. The van der Waals surface area contributed by atoms with Crippen LogP contribution < -0.4 is 14.2 Å². The Morgan fingerprint density at radius 1 is 1.10 bits per heavy atom. The minimum atomic E-state index is 0.459. The summed E-state index contributed by atoms with van der Waals surface area (Å²) < 4.78 is 13.1. The van der Waals surface area contributed by atoms with E-state index in [-0.39, 0.29) is 0 Å². The third-order valence-electron chi connectivity index (χ3n) is 2.93. The number of hydrogen-bond acceptors (Lipinski definition) is 3. The second-order valence-corrected chi connectivity index (χ2v) is 5.74. The Kier molecular flexibility index (Phi) is 4.55. The molecule has 0 saturated carbocycles. The maximum atomic E-state index is 12.0. The van der Waals surface area contributed by atoms with Gasteiger partial charge in [-0.15, -0.1) is 0 Å². The summed E-state index contributed by atoms with van der Waals surface area (Å²) in [6, 6.07) is 7.29. The minimum Gasteiger partial charge on any atom is -0.618 e. The zero-order valence-corrected chi connectivity index (χ0v) is 14.4. The number of benzene rings is 1. The number of nitrogens with zero attached hydrogens (tertiary/aromatic N) is 1. The molecule has 0 spiro atoms. The van der Waals surface area contributed by atoms with Crippen molar-refractivity contribution in [1.82, 2.24) is 0 Å². The van der Waals surface area contributed by atoms with Crippen LogP contribution >= 0.6 is 31.9 Å². The van der Waals surface area contributed by atoms with Crippen molar-refractivity contribution in [3.63, 3.8) is 0 Å². The van der Waals surface area contributed by atoms with Gasteiger partial charge in [0.15, 0.2) is 11.5 Å². The Labute approximate surface area is 134 Å². The fraction of sp³-hybridized carbons (Fsp3) is 0.214. The van der Waals surface area contributed by atoms with Crippen LogP contribution in [0.4, 0.5) is 0 Å². The van der Waals surface area contributed by atoms with E-state index < -0.39 is 0 Å². The van der Waals surface area contributed by atoms with Crippen LogP contribution in [0.15, 0.2) is 33.3 Å². The maximum Gasteiger partial charge on any atom is 0.263 e. The Balaban J connectivity index is 2.54. The van der Waals surface area contributed by atoms with Crippen molar-refractivity contribution in [3.8, 4) is 17.2 Å². The standard InChI is InChI=1S/C14H13Br2NO3/c1-8-12(15)13(9(2)17(18)14(8)16)20-11-7-5-4-6-10(11)19-3/h4-7H,1-3H3. The topological polar surface area (TPSA) is 45.4 Å².